The van der Waals surface area contributed by atoms with Crippen LogP contribution in [0, 0.1) is 12.8 Å². The molecule has 0 aliphatic carbocycles. The van der Waals surface area contributed by atoms with Gasteiger partial charge in [-0.05, 0) is 64.0 Å². The Bertz CT molecular complexity index is 558. The Morgan fingerprint density at radius 3 is 2.30 bits per heavy atom. The van der Waals surface area contributed by atoms with E-state index in [1.54, 1.807) is 0 Å². The van der Waals surface area contributed by atoms with Crippen LogP contribution in [-0.4, -0.2) is 0 Å². The smallest absolute Gasteiger partial charge is 0.0489 e. The molecule has 2 rings (SSSR count). The lowest BCUT2D eigenvalue weighted by atomic mass is 10.0. The van der Waals surface area contributed by atoms with Gasteiger partial charge in [0.05, 0.1) is 0 Å². The summed E-state index contributed by atoms with van der Waals surface area (Å²) in [5.41, 5.74) is 5.14. The lowest BCUT2D eigenvalue weighted by Crippen LogP contribution is -2.01. The maximum atomic E-state index is 3.58. The molecule has 2 aromatic rings. The highest BCUT2D eigenvalue weighted by Gasteiger charge is 2.01. The second-order valence-electron chi connectivity index (χ2n) is 5.75. The number of rotatable bonds is 5. The van der Waals surface area contributed by atoms with E-state index in [2.05, 4.69) is 84.5 Å². The van der Waals surface area contributed by atoms with Crippen molar-refractivity contribution in [3.63, 3.8) is 0 Å². The summed E-state index contributed by atoms with van der Waals surface area (Å²) in [6.45, 7) is 7.47. The molecule has 0 fully saturated rings. The summed E-state index contributed by atoms with van der Waals surface area (Å²) >= 11 is 3.58. The van der Waals surface area contributed by atoms with Crippen molar-refractivity contribution in [2.75, 3.05) is 5.32 Å². The molecule has 0 aliphatic heterocycles. The predicted molar refractivity (Wildman–Crippen MR) is 91.2 cm³/mol. The Balaban J connectivity index is 1.98. The molecule has 106 valence electrons. The first-order chi connectivity index (χ1) is 9.54. The molecular weight excluding hydrogens is 310 g/mol. The van der Waals surface area contributed by atoms with Gasteiger partial charge in [-0.15, -0.1) is 0 Å². The van der Waals surface area contributed by atoms with Crippen LogP contribution in [0.15, 0.2) is 46.9 Å². The highest BCUT2D eigenvalue weighted by atomic mass is 79.9. The zero-order valence-electron chi connectivity index (χ0n) is 12.4. The summed E-state index contributed by atoms with van der Waals surface area (Å²) in [4.78, 5) is 0. The molecule has 1 nitrogen and oxygen atoms in total. The van der Waals surface area contributed by atoms with Gasteiger partial charge in [-0.3, -0.25) is 0 Å². The third kappa shape index (κ3) is 4.38. The molecule has 0 unspecified atom stereocenters. The van der Waals surface area contributed by atoms with Crippen molar-refractivity contribution in [1.29, 1.82) is 0 Å². The Morgan fingerprint density at radius 2 is 1.65 bits per heavy atom. The predicted octanol–water partition coefficient (Wildman–Crippen LogP) is 5.57. The van der Waals surface area contributed by atoms with Crippen LogP contribution < -0.4 is 5.32 Å². The number of aryl methyl sites for hydroxylation is 1. The Labute approximate surface area is 130 Å². The van der Waals surface area contributed by atoms with Crippen LogP contribution in [0.5, 0.6) is 0 Å². The number of hydrogen-bond donors (Lipinski definition) is 1. The van der Waals surface area contributed by atoms with Crippen molar-refractivity contribution >= 4 is 21.6 Å². The number of nitrogens with one attached hydrogen (secondary N) is 1. The molecule has 20 heavy (non-hydrogen) atoms. The second kappa shape index (κ2) is 6.94. The summed E-state index contributed by atoms with van der Waals surface area (Å²) in [6, 6.07) is 15.3. The third-order valence-corrected chi connectivity index (χ3v) is 3.96. The normalized spacial score (nSPS) is 10.8. The van der Waals surface area contributed by atoms with Crippen molar-refractivity contribution in [2.24, 2.45) is 5.92 Å². The average Bonchev–Trinajstić information content (AvgIpc) is 2.41. The van der Waals surface area contributed by atoms with Gasteiger partial charge >= 0.3 is 0 Å². The fourth-order valence-electron chi connectivity index (χ4n) is 2.24. The third-order valence-electron chi connectivity index (χ3n) is 3.27. The summed E-state index contributed by atoms with van der Waals surface area (Å²) in [5, 5.41) is 3.48. The Kier molecular flexibility index (Phi) is 5.24. The Hall–Kier alpha value is -1.28. The van der Waals surface area contributed by atoms with E-state index in [9.17, 15) is 0 Å². The van der Waals surface area contributed by atoms with Gasteiger partial charge in [-0.1, -0.05) is 44.2 Å². The van der Waals surface area contributed by atoms with E-state index in [0.717, 1.165) is 23.1 Å². The standard InChI is InChI=1S/C18H22BrN/c1-13(2)10-15-5-7-16(8-6-15)12-20-18-11-14(3)4-9-17(18)19/h4-9,11,13,20H,10,12H2,1-3H3. The maximum absolute atomic E-state index is 3.58. The molecule has 0 aliphatic rings. The van der Waals surface area contributed by atoms with E-state index >= 15 is 0 Å². The minimum atomic E-state index is 0.710. The van der Waals surface area contributed by atoms with Gasteiger partial charge in [0.15, 0.2) is 0 Å². The monoisotopic (exact) mass is 331 g/mol. The first kappa shape index (κ1) is 15.1. The molecule has 2 heteroatoms. The van der Waals surface area contributed by atoms with Gasteiger partial charge in [-0.2, -0.15) is 0 Å². The van der Waals surface area contributed by atoms with E-state index in [4.69, 9.17) is 0 Å². The molecule has 0 bridgehead atoms. The first-order valence-electron chi connectivity index (χ1n) is 7.12. The molecule has 0 saturated carbocycles. The maximum Gasteiger partial charge on any atom is 0.0489 e. The molecule has 0 radical (unpaired) electrons. The minimum absolute atomic E-state index is 0.710. The second-order valence-corrected chi connectivity index (χ2v) is 6.61. The van der Waals surface area contributed by atoms with Crippen molar-refractivity contribution in [3.8, 4) is 0 Å². The van der Waals surface area contributed by atoms with E-state index in [0.29, 0.717) is 5.92 Å². The molecule has 2 aromatic carbocycles. The summed E-state index contributed by atoms with van der Waals surface area (Å²) < 4.78 is 1.11. The van der Waals surface area contributed by atoms with Crippen LogP contribution in [0.4, 0.5) is 5.69 Å². The van der Waals surface area contributed by atoms with E-state index in [1.165, 1.54) is 16.7 Å². The first-order valence-corrected chi connectivity index (χ1v) is 7.91. The van der Waals surface area contributed by atoms with Gasteiger partial charge in [0, 0.05) is 16.7 Å². The summed E-state index contributed by atoms with van der Waals surface area (Å²) in [7, 11) is 0. The fraction of sp³-hybridized carbons (Fsp3) is 0.333. The SMILES string of the molecule is Cc1ccc(Br)c(NCc2ccc(CC(C)C)cc2)c1. The lowest BCUT2D eigenvalue weighted by molar-refractivity contribution is 0.647. The minimum Gasteiger partial charge on any atom is -0.380 e. The van der Waals surface area contributed by atoms with Crippen molar-refractivity contribution < 1.29 is 0 Å². The number of halogens is 1. The molecule has 0 amide bonds. The van der Waals surface area contributed by atoms with Gasteiger partial charge in [0.1, 0.15) is 0 Å². The van der Waals surface area contributed by atoms with E-state index in [1.807, 2.05) is 0 Å². The highest BCUT2D eigenvalue weighted by Crippen LogP contribution is 2.24. The largest absolute Gasteiger partial charge is 0.380 e. The van der Waals surface area contributed by atoms with Crippen molar-refractivity contribution in [1.82, 2.24) is 0 Å². The van der Waals surface area contributed by atoms with Crippen LogP contribution in [0.2, 0.25) is 0 Å². The number of benzene rings is 2. The zero-order chi connectivity index (χ0) is 14.5. The molecule has 0 atom stereocenters. The van der Waals surface area contributed by atoms with Gasteiger partial charge < -0.3 is 5.32 Å². The average molecular weight is 332 g/mol. The highest BCUT2D eigenvalue weighted by molar-refractivity contribution is 9.10. The van der Waals surface area contributed by atoms with Crippen LogP contribution >= 0.6 is 15.9 Å². The molecule has 0 aromatic heterocycles. The van der Waals surface area contributed by atoms with Crippen LogP contribution in [0.25, 0.3) is 0 Å². The van der Waals surface area contributed by atoms with Crippen molar-refractivity contribution in [3.05, 3.63) is 63.6 Å². The molecular formula is C18H22BrN. The molecule has 0 heterocycles. The van der Waals surface area contributed by atoms with Crippen LogP contribution in [-0.2, 0) is 13.0 Å². The Morgan fingerprint density at radius 1 is 1.00 bits per heavy atom. The quantitative estimate of drug-likeness (QED) is 0.755. The lowest BCUT2D eigenvalue weighted by Gasteiger charge is -2.11. The van der Waals surface area contributed by atoms with Gasteiger partial charge in [0.2, 0.25) is 0 Å². The number of hydrogen-bond acceptors (Lipinski definition) is 1. The fourth-order valence-corrected chi connectivity index (χ4v) is 2.62. The summed E-state index contributed by atoms with van der Waals surface area (Å²) in [5.74, 6) is 0.710. The number of anilines is 1. The van der Waals surface area contributed by atoms with Gasteiger partial charge in [0.25, 0.3) is 0 Å². The topological polar surface area (TPSA) is 12.0 Å². The van der Waals surface area contributed by atoms with Crippen LogP contribution in [0.3, 0.4) is 0 Å². The zero-order valence-corrected chi connectivity index (χ0v) is 14.0. The summed E-state index contributed by atoms with van der Waals surface area (Å²) in [6.07, 6.45) is 1.15. The van der Waals surface area contributed by atoms with Crippen LogP contribution in [0.1, 0.15) is 30.5 Å². The van der Waals surface area contributed by atoms with E-state index in [-0.39, 0.29) is 0 Å². The molecule has 0 saturated heterocycles. The van der Waals surface area contributed by atoms with Crippen molar-refractivity contribution in [2.45, 2.75) is 33.7 Å². The molecule has 0 spiro atoms. The van der Waals surface area contributed by atoms with E-state index < -0.39 is 0 Å². The molecule has 1 N–H and O–H groups in total. The van der Waals surface area contributed by atoms with Gasteiger partial charge in [-0.25, -0.2) is 0 Å².